The van der Waals surface area contributed by atoms with Gasteiger partial charge in [-0.2, -0.15) is 0 Å². The summed E-state index contributed by atoms with van der Waals surface area (Å²) in [6, 6.07) is 5.27. The van der Waals surface area contributed by atoms with E-state index in [9.17, 15) is 4.79 Å². The van der Waals surface area contributed by atoms with Crippen LogP contribution in [-0.2, 0) is 0 Å². The highest BCUT2D eigenvalue weighted by Gasteiger charge is 2.06. The average Bonchev–Trinajstić information content (AvgIpc) is 3.07. The molecule has 116 valence electrons. The molecule has 7 heteroatoms. The summed E-state index contributed by atoms with van der Waals surface area (Å²) in [5, 5.41) is 16.5. The first-order valence-electron chi connectivity index (χ1n) is 7.08. The van der Waals surface area contributed by atoms with E-state index in [4.69, 9.17) is 5.41 Å². The molecule has 7 nitrogen and oxygen atoms in total. The molecule has 0 fully saturated rings. The molecule has 1 aromatic heterocycles. The monoisotopic (exact) mass is 300 g/mol. The lowest BCUT2D eigenvalue weighted by Gasteiger charge is -2.11. The van der Waals surface area contributed by atoms with Gasteiger partial charge < -0.3 is 26.3 Å². The molecule has 5 N–H and O–H groups in total. The van der Waals surface area contributed by atoms with Crippen molar-refractivity contribution >= 4 is 23.8 Å². The molecule has 0 aliphatic rings. The summed E-state index contributed by atoms with van der Waals surface area (Å²) in [5.41, 5.74) is 2.09. The van der Waals surface area contributed by atoms with Crippen LogP contribution in [0.4, 0.5) is 11.6 Å². The second-order valence-corrected chi connectivity index (χ2v) is 4.67. The fraction of sp³-hybridized carbons (Fsp3) is 0.267. The number of nitrogens with zero attached hydrogens (tertiary/aromatic N) is 1. The number of aromatic amines is 1. The van der Waals surface area contributed by atoms with Gasteiger partial charge in [0.05, 0.1) is 0 Å². The number of anilines is 2. The Balaban J connectivity index is 1.84. The van der Waals surface area contributed by atoms with Gasteiger partial charge in [-0.3, -0.25) is 4.79 Å². The predicted octanol–water partition coefficient (Wildman–Crippen LogP) is 1.68. The molecule has 1 amide bonds. The van der Waals surface area contributed by atoms with Gasteiger partial charge in [0.1, 0.15) is 0 Å². The van der Waals surface area contributed by atoms with Gasteiger partial charge >= 0.3 is 0 Å². The minimum atomic E-state index is -0.155. The maximum Gasteiger partial charge on any atom is 0.251 e. The fourth-order valence-electron chi connectivity index (χ4n) is 2.01. The lowest BCUT2D eigenvalue weighted by molar-refractivity contribution is 0.0963. The predicted molar refractivity (Wildman–Crippen MR) is 87.9 cm³/mol. The zero-order chi connectivity index (χ0) is 15.8. The van der Waals surface area contributed by atoms with Gasteiger partial charge in [0.2, 0.25) is 0 Å². The average molecular weight is 300 g/mol. The van der Waals surface area contributed by atoms with E-state index >= 15 is 0 Å². The van der Waals surface area contributed by atoms with E-state index in [0.717, 1.165) is 31.1 Å². The van der Waals surface area contributed by atoms with Gasteiger partial charge in [0.15, 0.2) is 5.95 Å². The van der Waals surface area contributed by atoms with Crippen molar-refractivity contribution in [2.45, 2.75) is 6.42 Å². The summed E-state index contributed by atoms with van der Waals surface area (Å²) >= 11 is 0. The third-order valence-corrected chi connectivity index (χ3v) is 3.16. The summed E-state index contributed by atoms with van der Waals surface area (Å²) in [6.07, 6.45) is 5.61. The van der Waals surface area contributed by atoms with Crippen LogP contribution in [0.5, 0.6) is 0 Å². The number of rotatable bonds is 8. The fourth-order valence-corrected chi connectivity index (χ4v) is 2.01. The van der Waals surface area contributed by atoms with E-state index < -0.39 is 0 Å². The molecular formula is C15H20N6O. The molecule has 1 aromatic carbocycles. The minimum Gasteiger partial charge on any atom is -0.384 e. The molecule has 2 rings (SSSR count). The Morgan fingerprint density at radius 2 is 2.18 bits per heavy atom. The quantitative estimate of drug-likeness (QED) is 0.378. The number of hydrogen-bond acceptors (Lipinski definition) is 5. The highest BCUT2D eigenvalue weighted by Crippen LogP contribution is 2.16. The normalized spacial score (nSPS) is 10.0. The van der Waals surface area contributed by atoms with Crippen LogP contribution in [-0.4, -0.2) is 42.2 Å². The third kappa shape index (κ3) is 4.08. The molecule has 0 aliphatic heterocycles. The number of hydrogen-bond donors (Lipinski definition) is 5. The Morgan fingerprint density at radius 3 is 2.86 bits per heavy atom. The van der Waals surface area contributed by atoms with Gasteiger partial charge in [-0.15, -0.1) is 0 Å². The van der Waals surface area contributed by atoms with Gasteiger partial charge in [0, 0.05) is 55.6 Å². The Bertz CT molecular complexity index is 623. The van der Waals surface area contributed by atoms with Crippen molar-refractivity contribution in [3.8, 4) is 0 Å². The van der Waals surface area contributed by atoms with Crippen LogP contribution in [0, 0.1) is 5.41 Å². The lowest BCUT2D eigenvalue weighted by Crippen LogP contribution is -2.18. The second kappa shape index (κ2) is 7.82. The van der Waals surface area contributed by atoms with Crippen LogP contribution in [0.3, 0.4) is 0 Å². The van der Waals surface area contributed by atoms with E-state index in [1.54, 1.807) is 31.6 Å². The second-order valence-electron chi connectivity index (χ2n) is 4.67. The number of benzene rings is 1. The number of nitrogens with one attached hydrogen (secondary N) is 5. The standard InChI is InChI=1S/C15H20N6O/c1-17-14(22)11-3-4-13(12(9-11)10-16)18-5-2-6-19-15-20-7-8-21-15/h3-4,7-10,16,18H,2,5-6H2,1H3,(H,17,22)(H2,19,20,21). The maximum absolute atomic E-state index is 11.6. The van der Waals surface area contributed by atoms with Gasteiger partial charge in [-0.25, -0.2) is 4.98 Å². The molecule has 0 saturated carbocycles. The summed E-state index contributed by atoms with van der Waals surface area (Å²) in [7, 11) is 1.59. The van der Waals surface area contributed by atoms with Crippen LogP contribution in [0.1, 0.15) is 22.3 Å². The molecule has 0 bridgehead atoms. The van der Waals surface area contributed by atoms with Crippen molar-refractivity contribution in [1.29, 1.82) is 5.41 Å². The zero-order valence-corrected chi connectivity index (χ0v) is 12.4. The van der Waals surface area contributed by atoms with Crippen molar-refractivity contribution in [3.05, 3.63) is 41.7 Å². The lowest BCUT2D eigenvalue weighted by atomic mass is 10.1. The smallest absolute Gasteiger partial charge is 0.251 e. The van der Waals surface area contributed by atoms with Gasteiger partial charge in [0.25, 0.3) is 5.91 Å². The Kier molecular flexibility index (Phi) is 5.53. The summed E-state index contributed by atoms with van der Waals surface area (Å²) in [6.45, 7) is 1.55. The first-order chi connectivity index (χ1) is 10.7. The van der Waals surface area contributed by atoms with E-state index in [1.807, 2.05) is 6.07 Å². The minimum absolute atomic E-state index is 0.155. The number of carbonyl (C=O) groups excluding carboxylic acids is 1. The van der Waals surface area contributed by atoms with Crippen molar-refractivity contribution in [2.24, 2.45) is 0 Å². The summed E-state index contributed by atoms with van der Waals surface area (Å²) < 4.78 is 0. The molecule has 0 radical (unpaired) electrons. The number of amides is 1. The highest BCUT2D eigenvalue weighted by atomic mass is 16.1. The van der Waals surface area contributed by atoms with Crippen LogP contribution in [0.2, 0.25) is 0 Å². The van der Waals surface area contributed by atoms with Crippen molar-refractivity contribution in [1.82, 2.24) is 15.3 Å². The molecule has 2 aromatic rings. The first kappa shape index (κ1) is 15.6. The molecule has 0 unspecified atom stereocenters. The molecule has 0 aliphatic carbocycles. The maximum atomic E-state index is 11.6. The highest BCUT2D eigenvalue weighted by molar-refractivity contribution is 5.97. The van der Waals surface area contributed by atoms with Crippen LogP contribution in [0.15, 0.2) is 30.6 Å². The number of H-pyrrole nitrogens is 1. The molecular weight excluding hydrogens is 280 g/mol. The number of imidazole rings is 1. The SMILES string of the molecule is CNC(=O)c1ccc(NCCCNc2ncc[nH]2)c(C=N)c1. The number of carbonyl (C=O) groups is 1. The van der Waals surface area contributed by atoms with Crippen LogP contribution < -0.4 is 16.0 Å². The van der Waals surface area contributed by atoms with Crippen LogP contribution in [0.25, 0.3) is 0 Å². The zero-order valence-electron chi connectivity index (χ0n) is 12.4. The van der Waals surface area contributed by atoms with Gasteiger partial charge in [-0.05, 0) is 24.6 Å². The molecule has 1 heterocycles. The third-order valence-electron chi connectivity index (χ3n) is 3.16. The largest absolute Gasteiger partial charge is 0.384 e. The topological polar surface area (TPSA) is 106 Å². The molecule has 0 saturated heterocycles. The summed E-state index contributed by atoms with van der Waals surface area (Å²) in [5.74, 6) is 0.604. The Labute approximate surface area is 129 Å². The van der Waals surface area contributed by atoms with Gasteiger partial charge in [-0.1, -0.05) is 0 Å². The number of aromatic nitrogens is 2. The summed E-state index contributed by atoms with van der Waals surface area (Å²) in [4.78, 5) is 18.6. The van der Waals surface area contributed by atoms with Crippen molar-refractivity contribution in [2.75, 3.05) is 30.8 Å². The van der Waals surface area contributed by atoms with Crippen LogP contribution >= 0.6 is 0 Å². The Hall–Kier alpha value is -2.83. The van der Waals surface area contributed by atoms with Crippen molar-refractivity contribution < 1.29 is 4.79 Å². The molecule has 0 atom stereocenters. The van der Waals surface area contributed by atoms with E-state index in [0.29, 0.717) is 11.1 Å². The van der Waals surface area contributed by atoms with E-state index in [2.05, 4.69) is 25.9 Å². The Morgan fingerprint density at radius 1 is 1.36 bits per heavy atom. The van der Waals surface area contributed by atoms with E-state index in [1.165, 1.54) is 6.21 Å². The molecule has 0 spiro atoms. The van der Waals surface area contributed by atoms with Crippen molar-refractivity contribution in [3.63, 3.8) is 0 Å². The molecule has 22 heavy (non-hydrogen) atoms. The first-order valence-corrected chi connectivity index (χ1v) is 7.08. The van der Waals surface area contributed by atoms with E-state index in [-0.39, 0.29) is 5.91 Å².